The van der Waals surface area contributed by atoms with Gasteiger partial charge in [-0.3, -0.25) is 9.48 Å². The number of hydrogen-bond acceptors (Lipinski definition) is 2. The van der Waals surface area contributed by atoms with Gasteiger partial charge in [0.25, 0.3) is 0 Å². The van der Waals surface area contributed by atoms with Gasteiger partial charge in [0.1, 0.15) is 0 Å². The lowest BCUT2D eigenvalue weighted by atomic mass is 9.78. The van der Waals surface area contributed by atoms with Crippen molar-refractivity contribution in [3.8, 4) is 0 Å². The maximum absolute atomic E-state index is 11.5. The Labute approximate surface area is 101 Å². The molecular weight excluding hydrogens is 216 g/mol. The molecule has 0 spiro atoms. The lowest BCUT2D eigenvalue weighted by Gasteiger charge is -2.25. The average Bonchev–Trinajstić information content (AvgIpc) is 2.73. The number of aryl methyl sites for hydroxylation is 2. The Balaban J connectivity index is 1.70. The zero-order valence-electron chi connectivity index (χ0n) is 10.1. The van der Waals surface area contributed by atoms with Crippen LogP contribution in [0.4, 0.5) is 0 Å². The minimum absolute atomic E-state index is 0.447. The molecule has 2 unspecified atom stereocenters. The SMILES string of the molecule is Cn1nccc1CCC1(C(=O)O)CC2CC2C1. The van der Waals surface area contributed by atoms with Gasteiger partial charge in [-0.2, -0.15) is 5.10 Å². The summed E-state index contributed by atoms with van der Waals surface area (Å²) < 4.78 is 1.84. The second-order valence-corrected chi connectivity index (χ2v) is 5.70. The Hall–Kier alpha value is -1.32. The van der Waals surface area contributed by atoms with Crippen molar-refractivity contribution in [2.75, 3.05) is 0 Å². The molecule has 0 amide bonds. The molecule has 2 aliphatic rings. The standard InChI is InChI=1S/C13H18N2O2/c1-15-11(3-5-14-15)2-4-13(12(16)17)7-9-6-10(9)8-13/h3,5,9-10H,2,4,6-8H2,1H3,(H,16,17). The smallest absolute Gasteiger partial charge is 0.309 e. The van der Waals surface area contributed by atoms with Crippen LogP contribution in [0.5, 0.6) is 0 Å². The highest BCUT2D eigenvalue weighted by molar-refractivity contribution is 5.75. The third kappa shape index (κ3) is 1.75. The Morgan fingerprint density at radius 3 is 2.82 bits per heavy atom. The highest BCUT2D eigenvalue weighted by atomic mass is 16.4. The van der Waals surface area contributed by atoms with Crippen molar-refractivity contribution in [2.45, 2.75) is 32.1 Å². The van der Waals surface area contributed by atoms with E-state index in [0.717, 1.165) is 31.4 Å². The van der Waals surface area contributed by atoms with Crippen molar-refractivity contribution in [1.29, 1.82) is 0 Å². The third-order valence-corrected chi connectivity index (χ3v) is 4.61. The molecule has 2 fully saturated rings. The fourth-order valence-corrected chi connectivity index (χ4v) is 3.40. The van der Waals surface area contributed by atoms with E-state index >= 15 is 0 Å². The predicted molar refractivity (Wildman–Crippen MR) is 62.4 cm³/mol. The lowest BCUT2D eigenvalue weighted by molar-refractivity contribution is -0.149. The molecule has 4 nitrogen and oxygen atoms in total. The predicted octanol–water partition coefficient (Wildman–Crippen LogP) is 1.85. The number of rotatable bonds is 4. The molecular formula is C13H18N2O2. The minimum Gasteiger partial charge on any atom is -0.481 e. The Morgan fingerprint density at radius 2 is 2.29 bits per heavy atom. The summed E-state index contributed by atoms with van der Waals surface area (Å²) in [6, 6.07) is 1.98. The van der Waals surface area contributed by atoms with Gasteiger partial charge < -0.3 is 5.11 Å². The van der Waals surface area contributed by atoms with Crippen LogP contribution >= 0.6 is 0 Å². The van der Waals surface area contributed by atoms with Gasteiger partial charge in [-0.15, -0.1) is 0 Å². The summed E-state index contributed by atoms with van der Waals surface area (Å²) >= 11 is 0. The van der Waals surface area contributed by atoms with E-state index in [0.29, 0.717) is 11.8 Å². The topological polar surface area (TPSA) is 55.1 Å². The molecule has 1 N–H and O–H groups in total. The number of hydrogen-bond donors (Lipinski definition) is 1. The molecule has 0 aliphatic heterocycles. The highest BCUT2D eigenvalue weighted by Crippen LogP contribution is 2.61. The Morgan fingerprint density at radius 1 is 1.59 bits per heavy atom. The van der Waals surface area contributed by atoms with E-state index in [1.54, 1.807) is 6.20 Å². The molecule has 0 saturated heterocycles. The van der Waals surface area contributed by atoms with Crippen LogP contribution in [0.2, 0.25) is 0 Å². The number of carbonyl (C=O) groups is 1. The molecule has 0 radical (unpaired) electrons. The van der Waals surface area contributed by atoms with Gasteiger partial charge >= 0.3 is 5.97 Å². The normalized spacial score (nSPS) is 34.6. The molecule has 2 atom stereocenters. The van der Waals surface area contributed by atoms with Crippen molar-refractivity contribution in [1.82, 2.24) is 9.78 Å². The van der Waals surface area contributed by atoms with Crippen LogP contribution in [0.15, 0.2) is 12.3 Å². The number of aliphatic carboxylic acids is 1. The number of carboxylic acid groups (broad SMARTS) is 1. The molecule has 2 aliphatic carbocycles. The van der Waals surface area contributed by atoms with Crippen LogP contribution in [0.1, 0.15) is 31.4 Å². The zero-order chi connectivity index (χ0) is 12.0. The molecule has 17 heavy (non-hydrogen) atoms. The molecule has 92 valence electrons. The van der Waals surface area contributed by atoms with E-state index in [-0.39, 0.29) is 0 Å². The van der Waals surface area contributed by atoms with E-state index in [1.165, 1.54) is 6.42 Å². The van der Waals surface area contributed by atoms with E-state index in [1.807, 2.05) is 17.8 Å². The maximum Gasteiger partial charge on any atom is 0.309 e. The molecule has 2 saturated carbocycles. The molecule has 0 bridgehead atoms. The van der Waals surface area contributed by atoms with Crippen molar-refractivity contribution in [3.05, 3.63) is 18.0 Å². The average molecular weight is 234 g/mol. The van der Waals surface area contributed by atoms with Gasteiger partial charge in [-0.25, -0.2) is 0 Å². The second kappa shape index (κ2) is 3.59. The fourth-order valence-electron chi connectivity index (χ4n) is 3.40. The monoisotopic (exact) mass is 234 g/mol. The summed E-state index contributed by atoms with van der Waals surface area (Å²) in [5.74, 6) is 0.821. The molecule has 1 aromatic heterocycles. The zero-order valence-corrected chi connectivity index (χ0v) is 10.1. The summed E-state index contributed by atoms with van der Waals surface area (Å²) in [6.45, 7) is 0. The van der Waals surface area contributed by atoms with E-state index in [4.69, 9.17) is 0 Å². The Bertz CT molecular complexity index is 442. The summed E-state index contributed by atoms with van der Waals surface area (Å²) in [5.41, 5.74) is 0.684. The van der Waals surface area contributed by atoms with Crippen molar-refractivity contribution < 1.29 is 9.90 Å². The second-order valence-electron chi connectivity index (χ2n) is 5.70. The van der Waals surface area contributed by atoms with Gasteiger partial charge in [0, 0.05) is 18.9 Å². The van der Waals surface area contributed by atoms with E-state index in [9.17, 15) is 9.90 Å². The van der Waals surface area contributed by atoms with Crippen LogP contribution in [0.25, 0.3) is 0 Å². The molecule has 1 aromatic rings. The van der Waals surface area contributed by atoms with Crippen LogP contribution in [0.3, 0.4) is 0 Å². The largest absolute Gasteiger partial charge is 0.481 e. The summed E-state index contributed by atoms with van der Waals surface area (Å²) in [4.78, 5) is 11.5. The minimum atomic E-state index is -0.591. The first-order chi connectivity index (χ1) is 8.11. The summed E-state index contributed by atoms with van der Waals surface area (Å²) in [7, 11) is 1.91. The first kappa shape index (κ1) is 10.8. The van der Waals surface area contributed by atoms with E-state index < -0.39 is 11.4 Å². The maximum atomic E-state index is 11.5. The van der Waals surface area contributed by atoms with Gasteiger partial charge in [-0.05, 0) is 50.0 Å². The quantitative estimate of drug-likeness (QED) is 0.865. The van der Waals surface area contributed by atoms with Gasteiger partial charge in [-0.1, -0.05) is 0 Å². The van der Waals surface area contributed by atoms with Crippen molar-refractivity contribution >= 4 is 5.97 Å². The summed E-state index contributed by atoms with van der Waals surface area (Å²) in [5, 5.41) is 13.6. The molecule has 1 heterocycles. The number of carboxylic acids is 1. The Kier molecular flexibility index (Phi) is 2.28. The lowest BCUT2D eigenvalue weighted by Crippen LogP contribution is -2.30. The van der Waals surface area contributed by atoms with Crippen molar-refractivity contribution in [2.24, 2.45) is 24.3 Å². The van der Waals surface area contributed by atoms with Gasteiger partial charge in [0.05, 0.1) is 5.41 Å². The number of aromatic nitrogens is 2. The number of nitrogens with zero attached hydrogens (tertiary/aromatic N) is 2. The van der Waals surface area contributed by atoms with Crippen molar-refractivity contribution in [3.63, 3.8) is 0 Å². The molecule has 3 rings (SSSR count). The van der Waals surface area contributed by atoms with E-state index in [2.05, 4.69) is 5.10 Å². The van der Waals surface area contributed by atoms with Gasteiger partial charge in [0.15, 0.2) is 0 Å². The molecule has 0 aromatic carbocycles. The first-order valence-corrected chi connectivity index (χ1v) is 6.31. The first-order valence-electron chi connectivity index (χ1n) is 6.31. The van der Waals surface area contributed by atoms with Gasteiger partial charge in [0.2, 0.25) is 0 Å². The third-order valence-electron chi connectivity index (χ3n) is 4.61. The number of fused-ring (bicyclic) bond motifs is 1. The van der Waals surface area contributed by atoms with Crippen LogP contribution in [0, 0.1) is 17.3 Å². The van der Waals surface area contributed by atoms with Crippen LogP contribution in [-0.2, 0) is 18.3 Å². The van der Waals surface area contributed by atoms with Crippen LogP contribution in [-0.4, -0.2) is 20.9 Å². The fraction of sp³-hybridized carbons (Fsp3) is 0.692. The highest BCUT2D eigenvalue weighted by Gasteiger charge is 2.57. The summed E-state index contributed by atoms with van der Waals surface area (Å²) in [6.07, 6.45) is 6.41. The van der Waals surface area contributed by atoms with Crippen LogP contribution < -0.4 is 0 Å². The molecule has 4 heteroatoms.